The van der Waals surface area contributed by atoms with Gasteiger partial charge >= 0.3 is 6.03 Å². The highest BCUT2D eigenvalue weighted by atomic mass is 16.2. The van der Waals surface area contributed by atoms with Gasteiger partial charge in [-0.05, 0) is 62.6 Å². The molecule has 4 aromatic rings. The molecule has 1 aliphatic rings. The van der Waals surface area contributed by atoms with E-state index in [-0.39, 0.29) is 0 Å². The number of para-hydroxylation sites is 1. The molecule has 1 atom stereocenters. The van der Waals surface area contributed by atoms with Gasteiger partial charge in [-0.2, -0.15) is 5.01 Å². The van der Waals surface area contributed by atoms with Gasteiger partial charge in [0.25, 0.3) is 11.8 Å². The maximum Gasteiger partial charge on any atom is 0.344 e. The molecule has 8 nitrogen and oxygen atoms in total. The summed E-state index contributed by atoms with van der Waals surface area (Å²) in [4.78, 5) is 43.2. The Bertz CT molecular complexity index is 1430. The number of amides is 4. The van der Waals surface area contributed by atoms with E-state index in [1.165, 1.54) is 0 Å². The molecule has 1 saturated heterocycles. The van der Waals surface area contributed by atoms with Crippen LogP contribution in [0.5, 0.6) is 0 Å². The molecule has 2 heterocycles. The lowest BCUT2D eigenvalue weighted by molar-refractivity contribution is -0.132. The number of hydrogen-bond donors (Lipinski definition) is 2. The lowest BCUT2D eigenvalue weighted by Crippen LogP contribution is -2.48. The molecular formula is C27H25N5O3. The number of imide groups is 1. The van der Waals surface area contributed by atoms with Crippen LogP contribution in [0.15, 0.2) is 78.9 Å². The zero-order chi connectivity index (χ0) is 24.6. The fraction of sp³-hybridized carbons (Fsp3) is 0.185. The Hall–Kier alpha value is -4.46. The van der Waals surface area contributed by atoms with Gasteiger partial charge in [-0.25, -0.2) is 9.78 Å². The Kier molecular flexibility index (Phi) is 5.56. The summed E-state index contributed by atoms with van der Waals surface area (Å²) in [6.07, 6.45) is 1.03. The van der Waals surface area contributed by atoms with Crippen LogP contribution in [0.3, 0.4) is 0 Å². The van der Waals surface area contributed by atoms with Crippen molar-refractivity contribution in [2.75, 3.05) is 0 Å². The number of carbonyl (C=O) groups is 3. The molecule has 1 unspecified atom stereocenters. The molecule has 0 aliphatic carbocycles. The fourth-order valence-corrected chi connectivity index (χ4v) is 4.41. The number of rotatable bonds is 6. The summed E-state index contributed by atoms with van der Waals surface area (Å²) >= 11 is 0. The number of nitrogens with zero attached hydrogens (tertiary/aromatic N) is 3. The van der Waals surface area contributed by atoms with Crippen molar-refractivity contribution in [3.8, 4) is 5.69 Å². The average molecular weight is 468 g/mol. The third-order valence-electron chi connectivity index (χ3n) is 6.33. The van der Waals surface area contributed by atoms with E-state index in [1.807, 2.05) is 78.2 Å². The highest BCUT2D eigenvalue weighted by Gasteiger charge is 2.48. The second-order valence-electron chi connectivity index (χ2n) is 8.86. The van der Waals surface area contributed by atoms with Crippen molar-refractivity contribution in [3.05, 3.63) is 95.8 Å². The average Bonchev–Trinajstić information content (AvgIpc) is 3.31. The summed E-state index contributed by atoms with van der Waals surface area (Å²) in [6.45, 7) is 3.57. The van der Waals surface area contributed by atoms with Crippen LogP contribution in [-0.4, -0.2) is 37.9 Å². The van der Waals surface area contributed by atoms with E-state index < -0.39 is 23.4 Å². The van der Waals surface area contributed by atoms with Crippen molar-refractivity contribution in [2.45, 2.75) is 32.2 Å². The fourth-order valence-electron chi connectivity index (χ4n) is 4.41. The summed E-state index contributed by atoms with van der Waals surface area (Å²) in [5.74, 6) is -0.265. The van der Waals surface area contributed by atoms with Crippen molar-refractivity contribution >= 4 is 28.9 Å². The van der Waals surface area contributed by atoms with Crippen LogP contribution in [0.2, 0.25) is 0 Å². The molecule has 0 bridgehead atoms. The molecule has 0 saturated carbocycles. The number of fused-ring (bicyclic) bond motifs is 1. The highest BCUT2D eigenvalue weighted by Crippen LogP contribution is 2.24. The lowest BCUT2D eigenvalue weighted by atomic mass is 9.93. The normalized spacial score (nSPS) is 17.6. The predicted molar refractivity (Wildman–Crippen MR) is 132 cm³/mol. The molecule has 1 aliphatic heterocycles. The van der Waals surface area contributed by atoms with Crippen molar-refractivity contribution in [1.82, 2.24) is 25.3 Å². The standard InChI is InChI=1S/C27H25N5O3/c1-18-28-22-17-20(13-14-23(22)31(18)21-11-7-4-8-12-21)24(33)30-32-25(34)27(2,29-26(32)35)16-15-19-9-5-3-6-10-19/h3-14,17H,15-16H2,1-2H3,(H,29,35)(H,30,33). The minimum Gasteiger partial charge on any atom is -0.322 e. The zero-order valence-corrected chi connectivity index (χ0v) is 19.5. The molecule has 4 amide bonds. The molecule has 0 spiro atoms. The van der Waals surface area contributed by atoms with E-state index in [2.05, 4.69) is 15.7 Å². The van der Waals surface area contributed by atoms with Gasteiger partial charge in [0.2, 0.25) is 0 Å². The third-order valence-corrected chi connectivity index (χ3v) is 6.33. The minimum atomic E-state index is -1.10. The smallest absolute Gasteiger partial charge is 0.322 e. The number of carbonyl (C=O) groups excluding carboxylic acids is 3. The Morgan fingerprint density at radius 2 is 1.69 bits per heavy atom. The number of imidazole rings is 1. The van der Waals surface area contributed by atoms with E-state index >= 15 is 0 Å². The summed E-state index contributed by atoms with van der Waals surface area (Å²) in [7, 11) is 0. The number of nitrogens with one attached hydrogen (secondary N) is 2. The van der Waals surface area contributed by atoms with Crippen molar-refractivity contribution in [2.24, 2.45) is 0 Å². The predicted octanol–water partition coefficient (Wildman–Crippen LogP) is 3.92. The van der Waals surface area contributed by atoms with Crippen LogP contribution in [0.4, 0.5) is 4.79 Å². The largest absolute Gasteiger partial charge is 0.344 e. The highest BCUT2D eigenvalue weighted by molar-refractivity contribution is 6.09. The second kappa shape index (κ2) is 8.72. The number of urea groups is 1. The first-order valence-electron chi connectivity index (χ1n) is 11.4. The van der Waals surface area contributed by atoms with E-state index in [9.17, 15) is 14.4 Å². The van der Waals surface area contributed by atoms with Crippen molar-refractivity contribution in [1.29, 1.82) is 0 Å². The van der Waals surface area contributed by atoms with Gasteiger partial charge in [-0.3, -0.25) is 19.6 Å². The van der Waals surface area contributed by atoms with E-state index in [0.29, 0.717) is 23.9 Å². The van der Waals surface area contributed by atoms with Gasteiger partial charge in [0.1, 0.15) is 11.4 Å². The number of aromatic nitrogens is 2. The van der Waals surface area contributed by atoms with Crippen LogP contribution < -0.4 is 10.7 Å². The summed E-state index contributed by atoms with van der Waals surface area (Å²) in [5, 5.41) is 3.49. The van der Waals surface area contributed by atoms with Gasteiger partial charge in [-0.15, -0.1) is 0 Å². The van der Waals surface area contributed by atoms with E-state index in [0.717, 1.165) is 27.6 Å². The number of aryl methyl sites for hydroxylation is 2. The van der Waals surface area contributed by atoms with Crippen molar-refractivity contribution < 1.29 is 14.4 Å². The van der Waals surface area contributed by atoms with Gasteiger partial charge < -0.3 is 5.32 Å². The summed E-state index contributed by atoms with van der Waals surface area (Å²) in [6, 6.07) is 24.0. The first kappa shape index (κ1) is 22.3. The zero-order valence-electron chi connectivity index (χ0n) is 19.5. The lowest BCUT2D eigenvalue weighted by Gasteiger charge is -2.21. The van der Waals surface area contributed by atoms with Crippen LogP contribution >= 0.6 is 0 Å². The quantitative estimate of drug-likeness (QED) is 0.420. The topological polar surface area (TPSA) is 96.3 Å². The first-order valence-corrected chi connectivity index (χ1v) is 11.4. The monoisotopic (exact) mass is 467 g/mol. The first-order chi connectivity index (χ1) is 16.9. The molecule has 8 heteroatoms. The number of hydrogen-bond acceptors (Lipinski definition) is 4. The molecule has 0 radical (unpaired) electrons. The maximum absolute atomic E-state index is 13.1. The molecule has 35 heavy (non-hydrogen) atoms. The summed E-state index contributed by atoms with van der Waals surface area (Å²) < 4.78 is 2.01. The number of hydrazine groups is 1. The molecule has 1 aromatic heterocycles. The molecule has 176 valence electrons. The maximum atomic E-state index is 13.1. The SMILES string of the molecule is Cc1nc2cc(C(=O)NN3C(=O)NC(C)(CCc4ccccc4)C3=O)ccc2n1-c1ccccc1. The molecular weight excluding hydrogens is 442 g/mol. The molecule has 2 N–H and O–H groups in total. The van der Waals surface area contributed by atoms with E-state index in [1.54, 1.807) is 19.1 Å². The molecule has 3 aromatic carbocycles. The van der Waals surface area contributed by atoms with E-state index in [4.69, 9.17) is 0 Å². The summed E-state index contributed by atoms with van der Waals surface area (Å²) in [5.41, 5.74) is 5.20. The van der Waals surface area contributed by atoms with Crippen LogP contribution in [0.25, 0.3) is 16.7 Å². The Balaban J connectivity index is 1.33. The molecule has 5 rings (SSSR count). The molecule has 1 fully saturated rings. The van der Waals surface area contributed by atoms with Crippen LogP contribution in [0, 0.1) is 6.92 Å². The second-order valence-corrected chi connectivity index (χ2v) is 8.86. The van der Waals surface area contributed by atoms with Gasteiger partial charge in [0, 0.05) is 11.3 Å². The Labute approximate surface area is 202 Å². The number of benzene rings is 3. The minimum absolute atomic E-state index is 0.300. The Morgan fingerprint density at radius 3 is 2.40 bits per heavy atom. The van der Waals surface area contributed by atoms with Crippen LogP contribution in [-0.2, 0) is 11.2 Å². The van der Waals surface area contributed by atoms with Crippen molar-refractivity contribution in [3.63, 3.8) is 0 Å². The van der Waals surface area contributed by atoms with Gasteiger partial charge in [0.05, 0.1) is 11.0 Å². The Morgan fingerprint density at radius 1 is 1.00 bits per heavy atom. The van der Waals surface area contributed by atoms with Crippen LogP contribution in [0.1, 0.15) is 35.1 Å². The third kappa shape index (κ3) is 4.14. The van der Waals surface area contributed by atoms with Gasteiger partial charge in [-0.1, -0.05) is 48.5 Å². The van der Waals surface area contributed by atoms with Gasteiger partial charge in [0.15, 0.2) is 0 Å².